The smallest absolute Gasteiger partial charge is 0.256 e. The number of hydrogen-bond acceptors (Lipinski definition) is 3. The van der Waals surface area contributed by atoms with Crippen LogP contribution in [0.5, 0.6) is 0 Å². The normalized spacial score (nSPS) is 12.1. The Hall–Kier alpha value is -1.78. The fraction of sp³-hybridized carbons (Fsp3) is 0.154. The van der Waals surface area contributed by atoms with Gasteiger partial charge in [-0.25, -0.2) is 0 Å². The second-order valence-electron chi connectivity index (χ2n) is 3.73. The fourth-order valence-electron chi connectivity index (χ4n) is 1.61. The van der Waals surface area contributed by atoms with E-state index in [9.17, 15) is 9.90 Å². The zero-order valence-electron chi connectivity index (χ0n) is 9.47. The molecule has 1 atom stereocenters. The molecule has 5 heteroatoms. The fourth-order valence-corrected chi connectivity index (χ4v) is 1.81. The number of aliphatic hydroxyl groups is 1. The highest BCUT2D eigenvalue weighted by Gasteiger charge is 2.18. The first-order valence-electron chi connectivity index (χ1n) is 5.42. The molecule has 0 saturated heterocycles. The molecule has 0 fully saturated rings. The third-order valence-electron chi connectivity index (χ3n) is 2.55. The molecule has 94 valence electrons. The molecule has 2 rings (SSSR count). The van der Waals surface area contributed by atoms with Gasteiger partial charge in [-0.3, -0.25) is 4.79 Å². The molecule has 1 amide bonds. The van der Waals surface area contributed by atoms with E-state index in [1.54, 1.807) is 0 Å². The third kappa shape index (κ3) is 2.72. The highest BCUT2D eigenvalue weighted by molar-refractivity contribution is 6.32. The maximum atomic E-state index is 11.9. The van der Waals surface area contributed by atoms with Gasteiger partial charge >= 0.3 is 0 Å². The minimum absolute atomic E-state index is 0.0391. The number of hydrogen-bond donors (Lipinski definition) is 2. The van der Waals surface area contributed by atoms with E-state index in [1.165, 1.54) is 12.3 Å². The van der Waals surface area contributed by atoms with Gasteiger partial charge in [-0.05, 0) is 23.2 Å². The molecule has 0 aliphatic rings. The molecule has 0 aliphatic heterocycles. The average Bonchev–Trinajstić information content (AvgIpc) is 2.83. The molecule has 0 aliphatic carbocycles. The van der Waals surface area contributed by atoms with Gasteiger partial charge in [-0.15, -0.1) is 0 Å². The molecule has 1 aromatic carbocycles. The number of benzene rings is 1. The van der Waals surface area contributed by atoms with E-state index < -0.39 is 6.04 Å². The van der Waals surface area contributed by atoms with E-state index in [2.05, 4.69) is 5.32 Å². The van der Waals surface area contributed by atoms with E-state index in [0.717, 1.165) is 5.56 Å². The molecular weight excluding hydrogens is 254 g/mol. The minimum atomic E-state index is -0.468. The van der Waals surface area contributed by atoms with Gasteiger partial charge in [-0.2, -0.15) is 0 Å². The van der Waals surface area contributed by atoms with Crippen LogP contribution in [0.2, 0.25) is 5.22 Å². The lowest BCUT2D eigenvalue weighted by atomic mass is 10.1. The largest absolute Gasteiger partial charge is 0.452 e. The molecule has 0 spiro atoms. The highest BCUT2D eigenvalue weighted by Crippen LogP contribution is 2.18. The van der Waals surface area contributed by atoms with Gasteiger partial charge in [0.15, 0.2) is 0 Å². The second-order valence-corrected chi connectivity index (χ2v) is 4.07. The van der Waals surface area contributed by atoms with Crippen LogP contribution in [0, 0.1) is 0 Å². The summed E-state index contributed by atoms with van der Waals surface area (Å²) < 4.78 is 4.85. The van der Waals surface area contributed by atoms with Gasteiger partial charge in [0, 0.05) is 0 Å². The van der Waals surface area contributed by atoms with E-state index >= 15 is 0 Å². The zero-order valence-corrected chi connectivity index (χ0v) is 10.2. The Kier molecular flexibility index (Phi) is 4.02. The lowest BCUT2D eigenvalue weighted by Crippen LogP contribution is -2.30. The number of carbonyl (C=O) groups excluding carboxylic acids is 1. The van der Waals surface area contributed by atoms with Crippen LogP contribution in [-0.4, -0.2) is 17.6 Å². The van der Waals surface area contributed by atoms with Crippen LogP contribution in [0.15, 0.2) is 47.1 Å². The van der Waals surface area contributed by atoms with Crippen LogP contribution in [0.1, 0.15) is 22.0 Å². The van der Waals surface area contributed by atoms with Crippen molar-refractivity contribution in [2.75, 3.05) is 6.61 Å². The van der Waals surface area contributed by atoms with E-state index in [1.807, 2.05) is 30.3 Å². The number of nitrogens with one attached hydrogen (secondary N) is 1. The van der Waals surface area contributed by atoms with Gasteiger partial charge in [0.25, 0.3) is 5.91 Å². The lowest BCUT2D eigenvalue weighted by molar-refractivity contribution is 0.0916. The summed E-state index contributed by atoms with van der Waals surface area (Å²) in [6.07, 6.45) is 1.34. The van der Waals surface area contributed by atoms with Crippen molar-refractivity contribution in [1.29, 1.82) is 0 Å². The summed E-state index contributed by atoms with van der Waals surface area (Å²) in [5.41, 5.74) is 1.08. The maximum Gasteiger partial charge on any atom is 0.256 e. The molecule has 18 heavy (non-hydrogen) atoms. The molecular formula is C13H12ClNO3. The first-order valence-corrected chi connectivity index (χ1v) is 5.80. The molecule has 0 radical (unpaired) electrons. The molecule has 0 bridgehead atoms. The Labute approximate surface area is 109 Å². The molecule has 4 nitrogen and oxygen atoms in total. The van der Waals surface area contributed by atoms with Crippen molar-refractivity contribution in [2.45, 2.75) is 6.04 Å². The summed E-state index contributed by atoms with van der Waals surface area (Å²) >= 11 is 5.72. The van der Waals surface area contributed by atoms with Crippen LogP contribution >= 0.6 is 11.6 Å². The maximum absolute atomic E-state index is 11.9. The summed E-state index contributed by atoms with van der Waals surface area (Å²) in [7, 11) is 0. The zero-order chi connectivity index (χ0) is 13.0. The first-order chi connectivity index (χ1) is 8.72. The number of aliphatic hydroxyl groups excluding tert-OH is 1. The molecule has 1 unspecified atom stereocenters. The molecule has 2 N–H and O–H groups in total. The van der Waals surface area contributed by atoms with Crippen molar-refractivity contribution in [3.63, 3.8) is 0 Å². The summed E-state index contributed by atoms with van der Waals surface area (Å²) in [6.45, 7) is -0.189. The van der Waals surface area contributed by atoms with Gasteiger partial charge in [0.05, 0.1) is 24.5 Å². The molecule has 0 saturated carbocycles. The van der Waals surface area contributed by atoms with Crippen LogP contribution in [0.4, 0.5) is 0 Å². The molecule has 1 heterocycles. The Balaban J connectivity index is 2.13. The van der Waals surface area contributed by atoms with Gasteiger partial charge in [0.1, 0.15) is 0 Å². The van der Waals surface area contributed by atoms with Crippen LogP contribution in [-0.2, 0) is 0 Å². The standard InChI is InChI=1S/C13H12ClNO3/c14-12-10(6-7-18-12)13(17)15-11(8-16)9-4-2-1-3-5-9/h1-7,11,16H,8H2,(H,15,17). The summed E-state index contributed by atoms with van der Waals surface area (Å²) in [5, 5.41) is 12.1. The van der Waals surface area contributed by atoms with Crippen molar-refractivity contribution in [1.82, 2.24) is 5.32 Å². The van der Waals surface area contributed by atoms with Gasteiger partial charge in [0.2, 0.25) is 5.22 Å². The summed E-state index contributed by atoms with van der Waals surface area (Å²) in [4.78, 5) is 11.9. The topological polar surface area (TPSA) is 62.5 Å². The lowest BCUT2D eigenvalue weighted by Gasteiger charge is -2.16. The minimum Gasteiger partial charge on any atom is -0.452 e. The number of halogens is 1. The Bertz CT molecular complexity index is 524. The van der Waals surface area contributed by atoms with Crippen molar-refractivity contribution >= 4 is 17.5 Å². The number of rotatable bonds is 4. The van der Waals surface area contributed by atoms with Crippen LogP contribution in [0.25, 0.3) is 0 Å². The number of carbonyl (C=O) groups is 1. The van der Waals surface area contributed by atoms with Crippen molar-refractivity contribution < 1.29 is 14.3 Å². The molecule has 2 aromatic rings. The van der Waals surface area contributed by atoms with E-state index in [-0.39, 0.29) is 23.3 Å². The van der Waals surface area contributed by atoms with Gasteiger partial charge < -0.3 is 14.8 Å². The summed E-state index contributed by atoms with van der Waals surface area (Å²) in [6, 6.07) is 10.2. The van der Waals surface area contributed by atoms with E-state index in [4.69, 9.17) is 16.0 Å². The third-order valence-corrected chi connectivity index (χ3v) is 2.85. The summed E-state index contributed by atoms with van der Waals surface area (Å²) in [5.74, 6) is -0.378. The highest BCUT2D eigenvalue weighted by atomic mass is 35.5. The monoisotopic (exact) mass is 265 g/mol. The van der Waals surface area contributed by atoms with Gasteiger partial charge in [-0.1, -0.05) is 30.3 Å². The molecule has 1 aromatic heterocycles. The quantitative estimate of drug-likeness (QED) is 0.892. The number of amides is 1. The van der Waals surface area contributed by atoms with E-state index in [0.29, 0.717) is 0 Å². The number of furan rings is 1. The predicted octanol–water partition coefficient (Wildman–Crippen LogP) is 2.40. The van der Waals surface area contributed by atoms with Crippen molar-refractivity contribution in [3.8, 4) is 0 Å². The van der Waals surface area contributed by atoms with Crippen molar-refractivity contribution in [2.24, 2.45) is 0 Å². The second kappa shape index (κ2) is 5.71. The first kappa shape index (κ1) is 12.7. The Morgan fingerprint density at radius 2 is 2.06 bits per heavy atom. The van der Waals surface area contributed by atoms with Crippen molar-refractivity contribution in [3.05, 3.63) is 59.0 Å². The average molecular weight is 266 g/mol. The predicted molar refractivity (Wildman–Crippen MR) is 67.5 cm³/mol. The Morgan fingerprint density at radius 1 is 1.33 bits per heavy atom. The Morgan fingerprint density at radius 3 is 2.61 bits per heavy atom. The van der Waals surface area contributed by atoms with Crippen LogP contribution in [0.3, 0.4) is 0 Å². The van der Waals surface area contributed by atoms with Crippen LogP contribution < -0.4 is 5.32 Å². The SMILES string of the molecule is O=C(NC(CO)c1ccccc1)c1ccoc1Cl.